The van der Waals surface area contributed by atoms with Gasteiger partial charge in [-0.1, -0.05) is 6.92 Å². The zero-order valence-electron chi connectivity index (χ0n) is 10.1. The maximum Gasteiger partial charge on any atom is 0.244 e. The van der Waals surface area contributed by atoms with E-state index in [-0.39, 0.29) is 23.4 Å². The molecule has 1 fully saturated rings. The van der Waals surface area contributed by atoms with Gasteiger partial charge in [-0.2, -0.15) is 4.31 Å². The standard InChI is InChI=1S/C11H16FN3O2S/c1-8-2-10(13)7-15(6-8)18(16,17)11-3-9(12)4-14-5-11/h3-5,8,10H,2,6-7,13H2,1H3. The summed E-state index contributed by atoms with van der Waals surface area (Å²) in [5.74, 6) is -0.463. The van der Waals surface area contributed by atoms with E-state index in [0.29, 0.717) is 6.54 Å². The first kappa shape index (κ1) is 13.4. The Kier molecular flexibility index (Phi) is 3.65. The fourth-order valence-corrected chi connectivity index (χ4v) is 3.82. The third-order valence-corrected chi connectivity index (χ3v) is 4.77. The minimum atomic E-state index is -3.70. The fraction of sp³-hybridized carbons (Fsp3) is 0.545. The van der Waals surface area contributed by atoms with Gasteiger partial charge >= 0.3 is 0 Å². The number of sulfonamides is 1. The van der Waals surface area contributed by atoms with E-state index in [4.69, 9.17) is 5.73 Å². The number of pyridine rings is 1. The molecule has 18 heavy (non-hydrogen) atoms. The molecule has 2 unspecified atom stereocenters. The highest BCUT2D eigenvalue weighted by molar-refractivity contribution is 7.89. The minimum Gasteiger partial charge on any atom is -0.326 e. The van der Waals surface area contributed by atoms with E-state index in [9.17, 15) is 12.8 Å². The minimum absolute atomic E-state index is 0.121. The molecule has 2 atom stereocenters. The van der Waals surface area contributed by atoms with Crippen molar-refractivity contribution in [3.05, 3.63) is 24.3 Å². The molecule has 0 spiro atoms. The molecule has 2 N–H and O–H groups in total. The van der Waals surface area contributed by atoms with Gasteiger partial charge in [0.25, 0.3) is 0 Å². The average molecular weight is 273 g/mol. The maximum atomic E-state index is 13.0. The Labute approximate surface area is 106 Å². The lowest BCUT2D eigenvalue weighted by atomic mass is 9.99. The van der Waals surface area contributed by atoms with Crippen molar-refractivity contribution in [2.24, 2.45) is 11.7 Å². The Morgan fingerprint density at radius 1 is 1.44 bits per heavy atom. The van der Waals surface area contributed by atoms with E-state index >= 15 is 0 Å². The van der Waals surface area contributed by atoms with Crippen molar-refractivity contribution in [3.8, 4) is 0 Å². The topological polar surface area (TPSA) is 76.3 Å². The van der Waals surface area contributed by atoms with Crippen molar-refractivity contribution in [1.29, 1.82) is 0 Å². The lowest BCUT2D eigenvalue weighted by molar-refractivity contribution is 0.254. The molecule has 1 aromatic rings. The molecular formula is C11H16FN3O2S. The van der Waals surface area contributed by atoms with Crippen LogP contribution in [0.5, 0.6) is 0 Å². The summed E-state index contributed by atoms with van der Waals surface area (Å²) in [5, 5.41) is 0. The summed E-state index contributed by atoms with van der Waals surface area (Å²) in [4.78, 5) is 3.45. The molecule has 1 aliphatic heterocycles. The van der Waals surface area contributed by atoms with Crippen LogP contribution in [0.1, 0.15) is 13.3 Å². The normalized spacial score (nSPS) is 26.2. The van der Waals surface area contributed by atoms with E-state index in [2.05, 4.69) is 4.98 Å². The molecular weight excluding hydrogens is 257 g/mol. The van der Waals surface area contributed by atoms with Crippen molar-refractivity contribution < 1.29 is 12.8 Å². The number of piperidine rings is 1. The van der Waals surface area contributed by atoms with Crippen molar-refractivity contribution in [1.82, 2.24) is 9.29 Å². The van der Waals surface area contributed by atoms with E-state index in [1.165, 1.54) is 4.31 Å². The van der Waals surface area contributed by atoms with Crippen LogP contribution in [0.15, 0.2) is 23.4 Å². The summed E-state index contributed by atoms with van der Waals surface area (Å²) >= 11 is 0. The van der Waals surface area contributed by atoms with Crippen LogP contribution in [0, 0.1) is 11.7 Å². The van der Waals surface area contributed by atoms with Gasteiger partial charge in [0.05, 0.1) is 6.20 Å². The highest BCUT2D eigenvalue weighted by atomic mass is 32.2. The quantitative estimate of drug-likeness (QED) is 0.855. The highest BCUT2D eigenvalue weighted by Gasteiger charge is 2.32. The number of aromatic nitrogens is 1. The number of rotatable bonds is 2. The van der Waals surface area contributed by atoms with E-state index in [1.807, 2.05) is 6.92 Å². The van der Waals surface area contributed by atoms with Crippen molar-refractivity contribution >= 4 is 10.0 Å². The van der Waals surface area contributed by atoms with Crippen LogP contribution in [-0.4, -0.2) is 36.8 Å². The highest BCUT2D eigenvalue weighted by Crippen LogP contribution is 2.22. The molecule has 1 aliphatic rings. The van der Waals surface area contributed by atoms with Crippen LogP contribution in [0.2, 0.25) is 0 Å². The van der Waals surface area contributed by atoms with Gasteiger partial charge in [-0.15, -0.1) is 0 Å². The first-order chi connectivity index (χ1) is 8.39. The molecule has 0 bridgehead atoms. The molecule has 2 rings (SSSR count). The predicted octanol–water partition coefficient (Wildman–Crippen LogP) is 0.578. The van der Waals surface area contributed by atoms with Gasteiger partial charge in [0.15, 0.2) is 0 Å². The zero-order chi connectivity index (χ0) is 13.3. The molecule has 7 heteroatoms. The average Bonchev–Trinajstić information content (AvgIpc) is 2.27. The fourth-order valence-electron chi connectivity index (χ4n) is 2.23. The lowest BCUT2D eigenvalue weighted by Crippen LogP contribution is -2.48. The van der Waals surface area contributed by atoms with Crippen molar-refractivity contribution in [2.45, 2.75) is 24.3 Å². The SMILES string of the molecule is CC1CC(N)CN(S(=O)(=O)c2cncc(F)c2)C1. The van der Waals surface area contributed by atoms with Crippen LogP contribution in [-0.2, 0) is 10.0 Å². The Morgan fingerprint density at radius 2 is 2.17 bits per heavy atom. The summed E-state index contributed by atoms with van der Waals surface area (Å²) in [6, 6.07) is 0.803. The monoisotopic (exact) mass is 273 g/mol. The summed E-state index contributed by atoms with van der Waals surface area (Å²) in [5.41, 5.74) is 5.82. The van der Waals surface area contributed by atoms with Gasteiger partial charge in [-0.25, -0.2) is 12.8 Å². The second-order valence-electron chi connectivity index (χ2n) is 4.76. The van der Waals surface area contributed by atoms with Crippen LogP contribution >= 0.6 is 0 Å². The molecule has 100 valence electrons. The Morgan fingerprint density at radius 3 is 2.78 bits per heavy atom. The van der Waals surface area contributed by atoms with E-state index in [0.717, 1.165) is 24.9 Å². The van der Waals surface area contributed by atoms with Gasteiger partial charge in [-0.3, -0.25) is 4.98 Å². The van der Waals surface area contributed by atoms with Gasteiger partial charge in [0.2, 0.25) is 10.0 Å². The Bertz CT molecular complexity index is 525. The first-order valence-electron chi connectivity index (χ1n) is 5.76. The van der Waals surface area contributed by atoms with Gasteiger partial charge in [0, 0.05) is 25.3 Å². The second-order valence-corrected chi connectivity index (χ2v) is 6.70. The van der Waals surface area contributed by atoms with Crippen LogP contribution in [0.3, 0.4) is 0 Å². The van der Waals surface area contributed by atoms with Crippen LogP contribution in [0.25, 0.3) is 0 Å². The summed E-state index contributed by atoms with van der Waals surface area (Å²) < 4.78 is 38.9. The molecule has 1 saturated heterocycles. The smallest absolute Gasteiger partial charge is 0.244 e. The van der Waals surface area contributed by atoms with Gasteiger partial charge in [-0.05, 0) is 18.4 Å². The largest absolute Gasteiger partial charge is 0.326 e. The number of nitrogens with two attached hydrogens (primary N) is 1. The molecule has 2 heterocycles. The Hall–Kier alpha value is -1.05. The molecule has 0 aliphatic carbocycles. The van der Waals surface area contributed by atoms with Crippen molar-refractivity contribution in [2.75, 3.05) is 13.1 Å². The predicted molar refractivity (Wildman–Crippen MR) is 64.7 cm³/mol. The van der Waals surface area contributed by atoms with Crippen molar-refractivity contribution in [3.63, 3.8) is 0 Å². The molecule has 0 saturated carbocycles. The number of hydrogen-bond acceptors (Lipinski definition) is 4. The second kappa shape index (κ2) is 4.91. The van der Waals surface area contributed by atoms with E-state index < -0.39 is 15.8 Å². The number of halogens is 1. The lowest BCUT2D eigenvalue weighted by Gasteiger charge is -2.33. The van der Waals surface area contributed by atoms with Crippen LogP contribution in [0.4, 0.5) is 4.39 Å². The number of hydrogen-bond donors (Lipinski definition) is 1. The van der Waals surface area contributed by atoms with Gasteiger partial charge < -0.3 is 5.73 Å². The van der Waals surface area contributed by atoms with Crippen LogP contribution < -0.4 is 5.73 Å². The summed E-state index contributed by atoms with van der Waals surface area (Å²) in [7, 11) is -3.70. The van der Waals surface area contributed by atoms with Gasteiger partial charge in [0.1, 0.15) is 10.7 Å². The molecule has 5 nitrogen and oxygen atoms in total. The first-order valence-corrected chi connectivity index (χ1v) is 7.20. The molecule has 0 amide bonds. The third kappa shape index (κ3) is 2.68. The number of nitrogens with zero attached hydrogens (tertiary/aromatic N) is 2. The third-order valence-electron chi connectivity index (χ3n) is 2.98. The maximum absolute atomic E-state index is 13.0. The summed E-state index contributed by atoms with van der Waals surface area (Å²) in [6.07, 6.45) is 2.93. The van der Waals surface area contributed by atoms with E-state index in [1.54, 1.807) is 0 Å². The Balaban J connectivity index is 2.31. The zero-order valence-corrected chi connectivity index (χ0v) is 10.9. The molecule has 0 aromatic carbocycles. The molecule has 0 radical (unpaired) electrons. The molecule has 1 aromatic heterocycles. The summed E-state index contributed by atoms with van der Waals surface area (Å²) in [6.45, 7) is 2.63.